The van der Waals surface area contributed by atoms with Crippen molar-refractivity contribution >= 4 is 22.8 Å². The molecule has 0 bridgehead atoms. The van der Waals surface area contributed by atoms with Crippen LogP contribution in [0.3, 0.4) is 0 Å². The van der Waals surface area contributed by atoms with E-state index in [1.165, 1.54) is 12.1 Å². The summed E-state index contributed by atoms with van der Waals surface area (Å²) >= 11 is 5.67. The highest BCUT2D eigenvalue weighted by molar-refractivity contribution is 6.30. The van der Waals surface area contributed by atoms with Gasteiger partial charge in [0.25, 0.3) is 0 Å². The minimum Gasteiger partial charge on any atom is -0.478 e. The molecule has 0 saturated carbocycles. The summed E-state index contributed by atoms with van der Waals surface area (Å²) < 4.78 is 18.8. The quantitative estimate of drug-likeness (QED) is 0.798. The van der Waals surface area contributed by atoms with Gasteiger partial charge in [0, 0.05) is 11.6 Å². The zero-order chi connectivity index (χ0) is 14.1. The predicted molar refractivity (Wildman–Crippen MR) is 75.5 cm³/mol. The molecule has 2 aromatic heterocycles. The van der Waals surface area contributed by atoms with Crippen LogP contribution in [0.4, 0.5) is 4.39 Å². The van der Waals surface area contributed by atoms with Gasteiger partial charge in [0.15, 0.2) is 5.65 Å². The predicted octanol–water partition coefficient (Wildman–Crippen LogP) is 3.82. The monoisotopic (exact) mass is 291 g/mol. The van der Waals surface area contributed by atoms with Crippen molar-refractivity contribution in [1.82, 2.24) is 15.0 Å². The fourth-order valence-electron chi connectivity index (χ4n) is 1.88. The molecular formula is C14H11ClFN3O. The Bertz CT molecular complexity index is 772. The molecule has 0 fully saturated rings. The van der Waals surface area contributed by atoms with Gasteiger partial charge in [-0.15, -0.1) is 0 Å². The maximum absolute atomic E-state index is 13.5. The van der Waals surface area contributed by atoms with E-state index in [2.05, 4.69) is 15.0 Å². The molecule has 0 aliphatic heterocycles. The molecule has 20 heavy (non-hydrogen) atoms. The second kappa shape index (κ2) is 5.09. The van der Waals surface area contributed by atoms with Crippen LogP contribution in [0.15, 0.2) is 30.3 Å². The Morgan fingerprint density at radius 3 is 2.85 bits per heavy atom. The summed E-state index contributed by atoms with van der Waals surface area (Å²) in [7, 11) is 0. The molecule has 3 aromatic rings. The average Bonchev–Trinajstić information content (AvgIpc) is 2.85. The number of hydrogen-bond acceptors (Lipinski definition) is 3. The number of nitrogens with zero attached hydrogens (tertiary/aromatic N) is 2. The zero-order valence-corrected chi connectivity index (χ0v) is 11.4. The van der Waals surface area contributed by atoms with Crippen LogP contribution in [-0.4, -0.2) is 21.6 Å². The van der Waals surface area contributed by atoms with Gasteiger partial charge in [-0.3, -0.25) is 0 Å². The first kappa shape index (κ1) is 12.9. The van der Waals surface area contributed by atoms with E-state index in [1.54, 1.807) is 12.1 Å². The summed E-state index contributed by atoms with van der Waals surface area (Å²) in [6.07, 6.45) is 0. The molecule has 4 nitrogen and oxygen atoms in total. The molecule has 0 aliphatic rings. The number of pyridine rings is 1. The fraction of sp³-hybridized carbons (Fsp3) is 0.143. The van der Waals surface area contributed by atoms with Crippen LogP contribution in [0.2, 0.25) is 5.02 Å². The van der Waals surface area contributed by atoms with Gasteiger partial charge >= 0.3 is 0 Å². The largest absolute Gasteiger partial charge is 0.478 e. The van der Waals surface area contributed by atoms with Gasteiger partial charge in [-0.1, -0.05) is 11.6 Å². The molecule has 0 radical (unpaired) electrons. The summed E-state index contributed by atoms with van der Waals surface area (Å²) in [4.78, 5) is 11.7. The van der Waals surface area contributed by atoms with E-state index in [1.807, 2.05) is 13.0 Å². The van der Waals surface area contributed by atoms with Crippen LogP contribution in [0.5, 0.6) is 5.88 Å². The normalized spacial score (nSPS) is 10.9. The molecule has 102 valence electrons. The van der Waals surface area contributed by atoms with Gasteiger partial charge in [0.2, 0.25) is 5.88 Å². The van der Waals surface area contributed by atoms with Crippen molar-refractivity contribution in [3.8, 4) is 17.3 Å². The molecule has 2 heterocycles. The first-order chi connectivity index (χ1) is 9.67. The lowest BCUT2D eigenvalue weighted by molar-refractivity contribution is 0.328. The van der Waals surface area contributed by atoms with Crippen molar-refractivity contribution in [1.29, 1.82) is 0 Å². The summed E-state index contributed by atoms with van der Waals surface area (Å²) in [6.45, 7) is 2.43. The number of aromatic nitrogens is 3. The molecule has 0 aliphatic carbocycles. The third-order valence-electron chi connectivity index (χ3n) is 2.81. The van der Waals surface area contributed by atoms with Crippen molar-refractivity contribution in [2.75, 3.05) is 6.61 Å². The van der Waals surface area contributed by atoms with E-state index in [9.17, 15) is 4.39 Å². The molecule has 0 unspecified atom stereocenters. The van der Waals surface area contributed by atoms with E-state index >= 15 is 0 Å². The summed E-state index contributed by atoms with van der Waals surface area (Å²) in [6, 6.07) is 8.13. The van der Waals surface area contributed by atoms with Crippen LogP contribution in [0.1, 0.15) is 6.92 Å². The Morgan fingerprint density at radius 1 is 1.25 bits per heavy atom. The molecule has 0 atom stereocenters. The number of benzene rings is 1. The number of ether oxygens (including phenoxy) is 1. The zero-order valence-electron chi connectivity index (χ0n) is 10.7. The average molecular weight is 292 g/mol. The van der Waals surface area contributed by atoms with Gasteiger partial charge in [0.1, 0.15) is 11.6 Å². The minimum atomic E-state index is -0.479. The number of H-pyrrole nitrogens is 1. The number of aromatic amines is 1. The molecule has 1 N–H and O–H groups in total. The Morgan fingerprint density at radius 2 is 2.10 bits per heavy atom. The molecule has 3 rings (SSSR count). The third kappa shape index (κ3) is 2.32. The Balaban J connectivity index is 2.05. The first-order valence-electron chi connectivity index (χ1n) is 6.12. The van der Waals surface area contributed by atoms with Crippen molar-refractivity contribution in [2.45, 2.75) is 6.92 Å². The number of nitrogens with one attached hydrogen (secondary N) is 1. The lowest BCUT2D eigenvalue weighted by atomic mass is 10.2. The minimum absolute atomic E-state index is 0.0848. The molecule has 1 aromatic carbocycles. The maximum Gasteiger partial charge on any atom is 0.215 e. The Kier molecular flexibility index (Phi) is 3.28. The van der Waals surface area contributed by atoms with Crippen molar-refractivity contribution in [3.05, 3.63) is 41.2 Å². The van der Waals surface area contributed by atoms with Crippen molar-refractivity contribution in [2.24, 2.45) is 0 Å². The summed E-state index contributed by atoms with van der Waals surface area (Å²) in [5.41, 5.74) is 1.91. The summed E-state index contributed by atoms with van der Waals surface area (Å²) in [5, 5.41) is 0.0848. The highest BCUT2D eigenvalue weighted by Gasteiger charge is 2.09. The van der Waals surface area contributed by atoms with Gasteiger partial charge < -0.3 is 9.72 Å². The van der Waals surface area contributed by atoms with Crippen molar-refractivity contribution < 1.29 is 9.13 Å². The maximum atomic E-state index is 13.5. The highest BCUT2D eigenvalue weighted by Crippen LogP contribution is 2.24. The molecule has 6 heteroatoms. The van der Waals surface area contributed by atoms with E-state index in [0.717, 1.165) is 5.52 Å². The lowest BCUT2D eigenvalue weighted by Crippen LogP contribution is -1.93. The molecular weight excluding hydrogens is 281 g/mol. The molecule has 0 spiro atoms. The standard InChI is InChI=1S/C14H11ClFN3O/c1-2-20-12-6-5-11-14(18-12)19-13(17-11)8-3-4-9(15)10(16)7-8/h3-7H,2H2,1H3,(H,17,18,19). The third-order valence-corrected chi connectivity index (χ3v) is 3.11. The van der Waals surface area contributed by atoms with E-state index < -0.39 is 5.82 Å². The SMILES string of the molecule is CCOc1ccc2[nH]c(-c3ccc(Cl)c(F)c3)nc2n1. The second-order valence-electron chi connectivity index (χ2n) is 4.17. The fourth-order valence-corrected chi connectivity index (χ4v) is 2.00. The van der Waals surface area contributed by atoms with E-state index in [-0.39, 0.29) is 5.02 Å². The second-order valence-corrected chi connectivity index (χ2v) is 4.58. The highest BCUT2D eigenvalue weighted by atomic mass is 35.5. The number of imidazole rings is 1. The van der Waals surface area contributed by atoms with Gasteiger partial charge in [-0.2, -0.15) is 4.98 Å². The summed E-state index contributed by atoms with van der Waals surface area (Å²) in [5.74, 6) is 0.574. The van der Waals surface area contributed by atoms with E-state index in [4.69, 9.17) is 16.3 Å². The van der Waals surface area contributed by atoms with Gasteiger partial charge in [-0.25, -0.2) is 9.37 Å². The first-order valence-corrected chi connectivity index (χ1v) is 6.50. The Hall–Kier alpha value is -2.14. The van der Waals surface area contributed by atoms with E-state index in [0.29, 0.717) is 29.5 Å². The number of hydrogen-bond donors (Lipinski definition) is 1. The van der Waals surface area contributed by atoms with Crippen LogP contribution < -0.4 is 4.74 Å². The molecule has 0 amide bonds. The number of halogens is 2. The van der Waals surface area contributed by atoms with Crippen LogP contribution >= 0.6 is 11.6 Å². The Labute approximate surface area is 119 Å². The lowest BCUT2D eigenvalue weighted by Gasteiger charge is -1.99. The van der Waals surface area contributed by atoms with Crippen LogP contribution in [-0.2, 0) is 0 Å². The van der Waals surface area contributed by atoms with Gasteiger partial charge in [-0.05, 0) is 31.2 Å². The number of fused-ring (bicyclic) bond motifs is 1. The van der Waals surface area contributed by atoms with Crippen LogP contribution in [0.25, 0.3) is 22.6 Å². The number of rotatable bonds is 3. The smallest absolute Gasteiger partial charge is 0.215 e. The van der Waals surface area contributed by atoms with Gasteiger partial charge in [0.05, 0.1) is 17.1 Å². The van der Waals surface area contributed by atoms with Crippen molar-refractivity contribution in [3.63, 3.8) is 0 Å². The van der Waals surface area contributed by atoms with Crippen LogP contribution in [0, 0.1) is 5.82 Å². The topological polar surface area (TPSA) is 50.8 Å². The molecule has 0 saturated heterocycles.